The van der Waals surface area contributed by atoms with Gasteiger partial charge in [0, 0.05) is 32.8 Å². The summed E-state index contributed by atoms with van der Waals surface area (Å²) in [6.07, 6.45) is 1.87. The van der Waals surface area contributed by atoms with Crippen molar-refractivity contribution in [2.24, 2.45) is 0 Å². The molecule has 0 unspecified atom stereocenters. The maximum atomic E-state index is 6.62. The number of benzene rings is 9. The van der Waals surface area contributed by atoms with Crippen molar-refractivity contribution in [1.29, 1.82) is 0 Å². The third-order valence-corrected chi connectivity index (χ3v) is 11.5. The largest absolute Gasteiger partial charge is 0.463 e. The van der Waals surface area contributed by atoms with Crippen molar-refractivity contribution in [2.75, 3.05) is 0 Å². The van der Waals surface area contributed by atoms with E-state index < -0.39 is 0 Å². The smallest absolute Gasteiger partial charge is 0.146 e. The number of furan rings is 2. The van der Waals surface area contributed by atoms with Crippen LogP contribution < -0.4 is 0 Å². The Morgan fingerprint density at radius 2 is 0.982 bits per heavy atom. The highest BCUT2D eigenvalue weighted by molar-refractivity contribution is 6.27. The molecule has 0 aliphatic heterocycles. The normalized spacial score (nSPS) is 12.0. The minimum absolute atomic E-state index is 0.821. The van der Waals surface area contributed by atoms with Crippen LogP contribution in [-0.2, 0) is 0 Å². The zero-order chi connectivity index (χ0) is 36.0. The molecule has 256 valence electrons. The summed E-state index contributed by atoms with van der Waals surface area (Å²) in [7, 11) is 0. The first-order valence-corrected chi connectivity index (χ1v) is 18.8. The first-order chi connectivity index (χ1) is 27.3. The van der Waals surface area contributed by atoms with Crippen LogP contribution in [0.1, 0.15) is 0 Å². The average Bonchev–Trinajstić information content (AvgIpc) is 3.95. The first kappa shape index (κ1) is 30.1. The summed E-state index contributed by atoms with van der Waals surface area (Å²) < 4.78 is 15.3. The lowest BCUT2D eigenvalue weighted by molar-refractivity contribution is 0.619. The molecular weight excluding hydrogens is 671 g/mol. The van der Waals surface area contributed by atoms with E-state index in [0.717, 1.165) is 55.3 Å². The van der Waals surface area contributed by atoms with Crippen LogP contribution >= 0.6 is 0 Å². The van der Waals surface area contributed by atoms with Gasteiger partial charge >= 0.3 is 0 Å². The SMILES string of the molecule is c1ccc(-c2coc3c2ccc2oc4cc(-c5c6ccccc6c(-c6cccc7c6c6ccccc6n7-c6ccccc6)c6ccccc56)ccc4c23)cc1. The molecule has 3 heterocycles. The van der Waals surface area contributed by atoms with E-state index in [-0.39, 0.29) is 0 Å². The second kappa shape index (κ2) is 11.6. The third kappa shape index (κ3) is 4.32. The standard InChI is InChI=1S/C52H31NO2/c1-3-14-32(15-4-1)43-31-54-52-39(43)28-29-46-51(52)41-27-26-33(30-47(41)55-46)48-35-18-7-9-20-37(35)49(38-21-10-8-19-36(38)48)42-23-13-25-45-50(42)40-22-11-12-24-44(40)53(45)34-16-5-2-6-17-34/h1-31H. The molecule has 0 N–H and O–H groups in total. The molecule has 0 saturated carbocycles. The van der Waals surface area contributed by atoms with E-state index in [9.17, 15) is 0 Å². The molecule has 0 spiro atoms. The van der Waals surface area contributed by atoms with E-state index in [1.807, 2.05) is 12.3 Å². The van der Waals surface area contributed by atoms with Crippen LogP contribution in [0.5, 0.6) is 0 Å². The van der Waals surface area contributed by atoms with Crippen LogP contribution in [-0.4, -0.2) is 4.57 Å². The molecule has 9 aromatic carbocycles. The average molecular weight is 702 g/mol. The zero-order valence-electron chi connectivity index (χ0n) is 29.7. The molecule has 0 aliphatic rings. The third-order valence-electron chi connectivity index (χ3n) is 11.5. The monoisotopic (exact) mass is 701 g/mol. The first-order valence-electron chi connectivity index (χ1n) is 18.8. The summed E-state index contributed by atoms with van der Waals surface area (Å²) in [5.41, 5.74) is 13.1. The molecule has 0 atom stereocenters. The lowest BCUT2D eigenvalue weighted by Crippen LogP contribution is -1.93. The van der Waals surface area contributed by atoms with E-state index >= 15 is 0 Å². The van der Waals surface area contributed by atoms with Crippen LogP contribution in [0.3, 0.4) is 0 Å². The van der Waals surface area contributed by atoms with Gasteiger partial charge in [-0.15, -0.1) is 0 Å². The van der Waals surface area contributed by atoms with Crippen LogP contribution in [0, 0.1) is 0 Å². The van der Waals surface area contributed by atoms with Gasteiger partial charge in [0.05, 0.1) is 22.7 Å². The van der Waals surface area contributed by atoms with Gasteiger partial charge in [-0.1, -0.05) is 133 Å². The second-order valence-corrected chi connectivity index (χ2v) is 14.4. The van der Waals surface area contributed by atoms with Gasteiger partial charge in [0.25, 0.3) is 0 Å². The van der Waals surface area contributed by atoms with Crippen molar-refractivity contribution in [3.05, 3.63) is 188 Å². The van der Waals surface area contributed by atoms with Crippen molar-refractivity contribution in [3.8, 4) is 39.1 Å². The summed E-state index contributed by atoms with van der Waals surface area (Å²) in [4.78, 5) is 0. The molecule has 3 nitrogen and oxygen atoms in total. The Bertz CT molecular complexity index is 3420. The van der Waals surface area contributed by atoms with Crippen LogP contribution in [0.15, 0.2) is 197 Å². The summed E-state index contributed by atoms with van der Waals surface area (Å²) in [6.45, 7) is 0. The Hall–Kier alpha value is -7.36. The fourth-order valence-corrected chi connectivity index (χ4v) is 9.16. The van der Waals surface area contributed by atoms with Gasteiger partial charge in [-0.05, 0) is 97.9 Å². The van der Waals surface area contributed by atoms with Crippen molar-refractivity contribution >= 4 is 76.3 Å². The molecule has 55 heavy (non-hydrogen) atoms. The molecule has 3 aromatic heterocycles. The highest BCUT2D eigenvalue weighted by Gasteiger charge is 2.22. The van der Waals surface area contributed by atoms with Crippen LogP contribution in [0.25, 0.3) is 115 Å². The Labute approximate surface area is 315 Å². The van der Waals surface area contributed by atoms with Gasteiger partial charge in [-0.3, -0.25) is 0 Å². The number of aromatic nitrogens is 1. The van der Waals surface area contributed by atoms with Crippen molar-refractivity contribution in [2.45, 2.75) is 0 Å². The highest BCUT2D eigenvalue weighted by Crippen LogP contribution is 2.48. The molecule has 0 aliphatic carbocycles. The predicted octanol–water partition coefficient (Wildman–Crippen LogP) is 14.7. The maximum absolute atomic E-state index is 6.62. The lowest BCUT2D eigenvalue weighted by atomic mass is 9.85. The zero-order valence-corrected chi connectivity index (χ0v) is 29.7. The number of rotatable bonds is 4. The topological polar surface area (TPSA) is 31.2 Å². The van der Waals surface area contributed by atoms with E-state index in [0.29, 0.717) is 0 Å². The second-order valence-electron chi connectivity index (χ2n) is 14.4. The summed E-state index contributed by atoms with van der Waals surface area (Å²) >= 11 is 0. The van der Waals surface area contributed by atoms with Crippen molar-refractivity contribution < 1.29 is 8.83 Å². The molecule has 0 saturated heterocycles. The summed E-state index contributed by atoms with van der Waals surface area (Å²) in [5, 5.41) is 10.5. The van der Waals surface area contributed by atoms with E-state index in [4.69, 9.17) is 8.83 Å². The van der Waals surface area contributed by atoms with E-state index in [1.165, 1.54) is 60.0 Å². The van der Waals surface area contributed by atoms with Gasteiger partial charge in [0.1, 0.15) is 16.7 Å². The Kier molecular flexibility index (Phi) is 6.34. The minimum Gasteiger partial charge on any atom is -0.463 e. The number of nitrogens with zero attached hydrogens (tertiary/aromatic N) is 1. The Morgan fingerprint density at radius 1 is 0.364 bits per heavy atom. The van der Waals surface area contributed by atoms with Gasteiger partial charge in [0.15, 0.2) is 0 Å². The van der Waals surface area contributed by atoms with Crippen LogP contribution in [0.2, 0.25) is 0 Å². The molecule has 0 radical (unpaired) electrons. The molecule has 0 bridgehead atoms. The molecule has 0 amide bonds. The molecule has 12 aromatic rings. The van der Waals surface area contributed by atoms with Crippen molar-refractivity contribution in [3.63, 3.8) is 0 Å². The fourth-order valence-electron chi connectivity index (χ4n) is 9.16. The summed E-state index contributed by atoms with van der Waals surface area (Å²) in [6, 6.07) is 65.3. The predicted molar refractivity (Wildman–Crippen MR) is 229 cm³/mol. The van der Waals surface area contributed by atoms with Gasteiger partial charge in [0.2, 0.25) is 0 Å². The maximum Gasteiger partial charge on any atom is 0.146 e. The number of hydrogen-bond acceptors (Lipinski definition) is 2. The summed E-state index contributed by atoms with van der Waals surface area (Å²) in [5.74, 6) is 0. The molecule has 12 rings (SSSR count). The van der Waals surface area contributed by atoms with Gasteiger partial charge in [-0.25, -0.2) is 0 Å². The number of fused-ring (bicyclic) bond motifs is 10. The molecule has 0 fully saturated rings. The van der Waals surface area contributed by atoms with Gasteiger partial charge < -0.3 is 13.4 Å². The fraction of sp³-hybridized carbons (Fsp3) is 0. The number of para-hydroxylation sites is 2. The molecule has 3 heteroatoms. The van der Waals surface area contributed by atoms with Crippen LogP contribution in [0.4, 0.5) is 0 Å². The Balaban J connectivity index is 1.11. The molecular formula is C52H31NO2. The van der Waals surface area contributed by atoms with Gasteiger partial charge in [-0.2, -0.15) is 0 Å². The minimum atomic E-state index is 0.821. The highest BCUT2D eigenvalue weighted by atomic mass is 16.3. The lowest BCUT2D eigenvalue weighted by Gasteiger charge is -2.18. The van der Waals surface area contributed by atoms with E-state index in [2.05, 4.69) is 180 Å². The quantitative estimate of drug-likeness (QED) is 0.171. The van der Waals surface area contributed by atoms with E-state index in [1.54, 1.807) is 0 Å². The number of hydrogen-bond donors (Lipinski definition) is 0. The Morgan fingerprint density at radius 3 is 1.73 bits per heavy atom. The van der Waals surface area contributed by atoms with Crippen molar-refractivity contribution in [1.82, 2.24) is 4.57 Å².